The Kier molecular flexibility index (Phi) is 4.69. The van der Waals surface area contributed by atoms with E-state index in [1.54, 1.807) is 11.3 Å². The Balaban J connectivity index is 1.63. The number of fused-ring (bicyclic) bond motifs is 1. The number of rotatable bonds is 4. The Hall–Kier alpha value is -2.70. The number of hydrogen-bond donors (Lipinski definition) is 2. The van der Waals surface area contributed by atoms with Gasteiger partial charge in [0.15, 0.2) is 0 Å². The molecule has 0 saturated heterocycles. The van der Waals surface area contributed by atoms with Gasteiger partial charge in [-0.05, 0) is 36.7 Å². The fourth-order valence-electron chi connectivity index (χ4n) is 3.00. The molecule has 0 bridgehead atoms. The van der Waals surface area contributed by atoms with Crippen LogP contribution in [0.3, 0.4) is 0 Å². The van der Waals surface area contributed by atoms with E-state index in [4.69, 9.17) is 4.98 Å². The van der Waals surface area contributed by atoms with Crippen LogP contribution >= 0.6 is 11.3 Å². The van der Waals surface area contributed by atoms with Crippen molar-refractivity contribution in [2.45, 2.75) is 6.42 Å². The highest BCUT2D eigenvalue weighted by Crippen LogP contribution is 2.27. The summed E-state index contributed by atoms with van der Waals surface area (Å²) in [6, 6.07) is 13.6. The van der Waals surface area contributed by atoms with Gasteiger partial charge in [-0.1, -0.05) is 24.3 Å². The third kappa shape index (κ3) is 3.47. The summed E-state index contributed by atoms with van der Waals surface area (Å²) >= 11 is 1.62. The number of hydrogen-bond acceptors (Lipinski definition) is 5. The number of hydrazine groups is 1. The summed E-state index contributed by atoms with van der Waals surface area (Å²) in [6.07, 6.45) is 3.00. The van der Waals surface area contributed by atoms with Gasteiger partial charge in [-0.2, -0.15) is 0 Å². The van der Waals surface area contributed by atoms with Crippen LogP contribution in [0.25, 0.3) is 21.5 Å². The van der Waals surface area contributed by atoms with E-state index in [1.165, 1.54) is 0 Å². The fourth-order valence-corrected chi connectivity index (χ4v) is 3.69. The van der Waals surface area contributed by atoms with Crippen LogP contribution < -0.4 is 10.9 Å². The Morgan fingerprint density at radius 3 is 2.88 bits per heavy atom. The molecule has 5 nitrogen and oxygen atoms in total. The zero-order valence-corrected chi connectivity index (χ0v) is 15.3. The van der Waals surface area contributed by atoms with Gasteiger partial charge in [0.05, 0.1) is 21.7 Å². The van der Waals surface area contributed by atoms with Crippen molar-refractivity contribution in [2.24, 2.45) is 0 Å². The number of thiophene rings is 1. The van der Waals surface area contributed by atoms with Gasteiger partial charge in [0.2, 0.25) is 0 Å². The molecular formula is C20H20N4OS. The predicted molar refractivity (Wildman–Crippen MR) is 106 cm³/mol. The average molecular weight is 364 g/mol. The molecule has 2 aromatic heterocycles. The first-order valence-electron chi connectivity index (χ1n) is 8.58. The molecule has 1 aliphatic heterocycles. The third-order valence-electron chi connectivity index (χ3n) is 4.48. The van der Waals surface area contributed by atoms with Crippen molar-refractivity contribution in [3.63, 3.8) is 0 Å². The number of amides is 1. The molecule has 0 saturated carbocycles. The topological polar surface area (TPSA) is 57.3 Å². The molecule has 26 heavy (non-hydrogen) atoms. The first-order chi connectivity index (χ1) is 12.7. The molecular weight excluding hydrogens is 344 g/mol. The molecule has 6 heteroatoms. The van der Waals surface area contributed by atoms with Crippen molar-refractivity contribution in [1.82, 2.24) is 20.7 Å². The largest absolute Gasteiger partial charge is 0.303 e. The van der Waals surface area contributed by atoms with Crippen LogP contribution in [0, 0.1) is 0 Å². The predicted octanol–water partition coefficient (Wildman–Crippen LogP) is 3.42. The SMILES string of the molecule is CN1CC=C(NNC(=O)c2cc(-c3cccs3)nc3ccccc23)CC1. The lowest BCUT2D eigenvalue weighted by Crippen LogP contribution is -2.39. The fraction of sp³-hybridized carbons (Fsp3) is 0.200. The monoisotopic (exact) mass is 364 g/mol. The summed E-state index contributed by atoms with van der Waals surface area (Å²) in [4.78, 5) is 20.8. The van der Waals surface area contributed by atoms with Crippen molar-refractivity contribution in [3.8, 4) is 10.6 Å². The van der Waals surface area contributed by atoms with E-state index in [-0.39, 0.29) is 5.91 Å². The Labute approximate surface area is 156 Å². The normalized spacial score (nSPS) is 14.9. The molecule has 132 valence electrons. The standard InChI is InChI=1S/C20H20N4OS/c1-24-10-8-14(9-11-24)22-23-20(25)16-13-18(19-7-4-12-26-19)21-17-6-3-2-5-15(16)17/h2-8,12-13,22H,9-11H2,1H3,(H,23,25). The number of carbonyl (C=O) groups is 1. The molecule has 1 aromatic carbocycles. The summed E-state index contributed by atoms with van der Waals surface area (Å²) in [5, 5.41) is 2.87. The summed E-state index contributed by atoms with van der Waals surface area (Å²) in [5.74, 6) is -0.152. The van der Waals surface area contributed by atoms with E-state index in [1.807, 2.05) is 47.8 Å². The smallest absolute Gasteiger partial charge is 0.270 e. The van der Waals surface area contributed by atoms with Crippen LogP contribution in [-0.4, -0.2) is 35.9 Å². The van der Waals surface area contributed by atoms with Crippen LogP contribution in [0.5, 0.6) is 0 Å². The molecule has 0 aliphatic carbocycles. The maximum absolute atomic E-state index is 12.9. The molecule has 0 fully saturated rings. The lowest BCUT2D eigenvalue weighted by Gasteiger charge is -2.23. The molecule has 0 atom stereocenters. The number of nitrogens with one attached hydrogen (secondary N) is 2. The Morgan fingerprint density at radius 1 is 1.23 bits per heavy atom. The lowest BCUT2D eigenvalue weighted by molar-refractivity contribution is 0.0939. The third-order valence-corrected chi connectivity index (χ3v) is 5.38. The number of carbonyl (C=O) groups excluding carboxylic acids is 1. The maximum atomic E-state index is 12.9. The number of aromatic nitrogens is 1. The van der Waals surface area contributed by atoms with E-state index in [0.29, 0.717) is 5.56 Å². The van der Waals surface area contributed by atoms with Crippen LogP contribution in [0.1, 0.15) is 16.8 Å². The van der Waals surface area contributed by atoms with Gasteiger partial charge in [-0.25, -0.2) is 4.98 Å². The summed E-state index contributed by atoms with van der Waals surface area (Å²) in [7, 11) is 2.08. The van der Waals surface area contributed by atoms with E-state index in [9.17, 15) is 4.79 Å². The first-order valence-corrected chi connectivity index (χ1v) is 9.46. The molecule has 0 unspecified atom stereocenters. The van der Waals surface area contributed by atoms with Crippen molar-refractivity contribution < 1.29 is 4.79 Å². The van der Waals surface area contributed by atoms with Crippen molar-refractivity contribution in [2.75, 3.05) is 20.1 Å². The van der Waals surface area contributed by atoms with Gasteiger partial charge < -0.3 is 10.3 Å². The average Bonchev–Trinajstić information content (AvgIpc) is 3.21. The molecule has 0 spiro atoms. The summed E-state index contributed by atoms with van der Waals surface area (Å²) in [5.41, 5.74) is 9.24. The molecule has 3 aromatic rings. The van der Waals surface area contributed by atoms with Crippen LogP contribution in [0.2, 0.25) is 0 Å². The Bertz CT molecular complexity index is 965. The van der Waals surface area contributed by atoms with Gasteiger partial charge in [-0.15, -0.1) is 11.3 Å². The summed E-state index contributed by atoms with van der Waals surface area (Å²) in [6.45, 7) is 1.87. The number of benzene rings is 1. The van der Waals surface area contributed by atoms with Crippen LogP contribution in [0.4, 0.5) is 0 Å². The van der Waals surface area contributed by atoms with Gasteiger partial charge >= 0.3 is 0 Å². The van der Waals surface area contributed by atoms with E-state index in [2.05, 4.69) is 28.9 Å². The highest BCUT2D eigenvalue weighted by atomic mass is 32.1. The highest BCUT2D eigenvalue weighted by molar-refractivity contribution is 7.13. The quantitative estimate of drug-likeness (QED) is 0.697. The zero-order valence-electron chi connectivity index (χ0n) is 14.5. The second kappa shape index (κ2) is 7.27. The van der Waals surface area contributed by atoms with Gasteiger partial charge in [-0.3, -0.25) is 10.2 Å². The molecule has 4 rings (SSSR count). The lowest BCUT2D eigenvalue weighted by atomic mass is 10.1. The van der Waals surface area contributed by atoms with E-state index < -0.39 is 0 Å². The van der Waals surface area contributed by atoms with E-state index >= 15 is 0 Å². The van der Waals surface area contributed by atoms with Crippen molar-refractivity contribution in [3.05, 3.63) is 65.2 Å². The molecule has 0 radical (unpaired) electrons. The minimum Gasteiger partial charge on any atom is -0.303 e. The zero-order chi connectivity index (χ0) is 17.9. The first kappa shape index (κ1) is 16.8. The van der Waals surface area contributed by atoms with Gasteiger partial charge in [0, 0.05) is 30.6 Å². The highest BCUT2D eigenvalue weighted by Gasteiger charge is 2.15. The van der Waals surface area contributed by atoms with Crippen LogP contribution in [0.15, 0.2) is 59.6 Å². The minimum absolute atomic E-state index is 0.152. The molecule has 2 N–H and O–H groups in total. The number of para-hydroxylation sites is 1. The number of pyridine rings is 1. The van der Waals surface area contributed by atoms with Gasteiger partial charge in [0.1, 0.15) is 0 Å². The molecule has 3 heterocycles. The Morgan fingerprint density at radius 2 is 2.12 bits per heavy atom. The summed E-state index contributed by atoms with van der Waals surface area (Å²) < 4.78 is 0. The number of nitrogens with zero attached hydrogens (tertiary/aromatic N) is 2. The van der Waals surface area contributed by atoms with E-state index in [0.717, 1.165) is 46.7 Å². The van der Waals surface area contributed by atoms with Crippen LogP contribution in [-0.2, 0) is 0 Å². The van der Waals surface area contributed by atoms with Crippen molar-refractivity contribution in [1.29, 1.82) is 0 Å². The van der Waals surface area contributed by atoms with Crippen molar-refractivity contribution >= 4 is 28.1 Å². The maximum Gasteiger partial charge on any atom is 0.270 e. The number of likely N-dealkylation sites (N-methyl/N-ethyl adjacent to an activating group) is 1. The second-order valence-electron chi connectivity index (χ2n) is 6.37. The van der Waals surface area contributed by atoms with Gasteiger partial charge in [0.25, 0.3) is 5.91 Å². The second-order valence-corrected chi connectivity index (χ2v) is 7.32. The minimum atomic E-state index is -0.152. The molecule has 1 aliphatic rings. The molecule has 1 amide bonds.